The Bertz CT molecular complexity index is 793. The van der Waals surface area contributed by atoms with Crippen molar-refractivity contribution in [1.29, 1.82) is 0 Å². The third-order valence-corrected chi connectivity index (χ3v) is 6.05. The minimum atomic E-state index is -4.81. The van der Waals surface area contributed by atoms with Gasteiger partial charge >= 0.3 is 10.2 Å². The fraction of sp³-hybridized carbons (Fsp3) is 0.875. The minimum Gasteiger partial charge on any atom is -0.350 e. The van der Waals surface area contributed by atoms with Crippen LogP contribution in [0.2, 0.25) is 0 Å². The minimum absolute atomic E-state index is 0. The summed E-state index contributed by atoms with van der Waals surface area (Å²) in [5.74, 6) is -2.06. The Balaban J connectivity index is 0. The lowest BCUT2D eigenvalue weighted by molar-refractivity contribution is -0.133. The zero-order chi connectivity index (χ0) is 27.5. The molecule has 0 spiro atoms. The van der Waals surface area contributed by atoms with Gasteiger partial charge < -0.3 is 21.7 Å². The summed E-state index contributed by atoms with van der Waals surface area (Å²) in [6, 6.07) is -3.55. The first kappa shape index (κ1) is 36.7. The fourth-order valence-corrected chi connectivity index (χ4v) is 4.55. The van der Waals surface area contributed by atoms with E-state index in [0.717, 1.165) is 0 Å². The molecule has 0 aromatic heterocycles. The molecule has 0 fully saturated rings. The number of rotatable bonds is 16. The Kier molecular flexibility index (Phi) is 17.5. The molecule has 0 aliphatic carbocycles. The van der Waals surface area contributed by atoms with Crippen LogP contribution in [-0.4, -0.2) is 56.1 Å². The predicted molar refractivity (Wildman–Crippen MR) is 144 cm³/mol. The molecule has 0 bridgehead atoms. The molecule has 36 heavy (non-hydrogen) atoms. The monoisotopic (exact) mass is 558 g/mol. The Morgan fingerprint density at radius 1 is 0.667 bits per heavy atom. The highest BCUT2D eigenvalue weighted by molar-refractivity contribution is 7.86. The lowest BCUT2D eigenvalue weighted by atomic mass is 9.98. The zero-order valence-electron chi connectivity index (χ0n) is 23.0. The third kappa shape index (κ3) is 17.1. The van der Waals surface area contributed by atoms with Crippen LogP contribution in [0.1, 0.15) is 81.1 Å². The number of hydrogen-bond acceptors (Lipinski definition) is 6. The highest BCUT2D eigenvalue weighted by Gasteiger charge is 2.31. The largest absolute Gasteiger partial charge is 0.350 e. The van der Waals surface area contributed by atoms with Crippen LogP contribution in [0.5, 0.6) is 0 Å². The highest BCUT2D eigenvalue weighted by Crippen LogP contribution is 2.12. The van der Waals surface area contributed by atoms with Crippen LogP contribution in [0.4, 0.5) is 3.89 Å². The van der Waals surface area contributed by atoms with Crippen LogP contribution in [-0.2, 0) is 24.6 Å². The van der Waals surface area contributed by atoms with Gasteiger partial charge in [0.2, 0.25) is 17.7 Å². The van der Waals surface area contributed by atoms with Crippen molar-refractivity contribution in [1.82, 2.24) is 16.0 Å². The van der Waals surface area contributed by atoms with Crippen LogP contribution in [0.15, 0.2) is 0 Å². The Hall–Kier alpha value is -1.46. The average Bonchev–Trinajstić information content (AvgIpc) is 2.63. The number of hydrogen-bond donors (Lipinski definition) is 4. The summed E-state index contributed by atoms with van der Waals surface area (Å²) in [6.07, 6.45) is 1.35. The second-order valence-electron chi connectivity index (χ2n) is 11.2. The van der Waals surface area contributed by atoms with Gasteiger partial charge in [-0.1, -0.05) is 55.4 Å². The smallest absolute Gasteiger partial charge is 0.304 e. The standard InChI is InChI=1S/C24H47FN4O5S.ClH/c1-14(2)9-18(13-35(25,33)34)27-23(31)20(11-16(5)6)29-24(32)21(12-17(7)8)28-22(30)19(26)10-15(3)4;/h14-21H,9-13,26H2,1-8H3,(H,27,31)(H,28,30)(H,29,32);1H/t18-,19-,20-,21-;/m0./s1. The molecule has 9 nitrogen and oxygen atoms in total. The number of nitrogens with one attached hydrogen (secondary N) is 3. The quantitative estimate of drug-likeness (QED) is 0.214. The molecule has 214 valence electrons. The van der Waals surface area contributed by atoms with Crippen molar-refractivity contribution in [2.45, 2.75) is 105 Å². The summed E-state index contributed by atoms with van der Waals surface area (Å²) < 4.78 is 35.8. The molecule has 0 aromatic rings. The Morgan fingerprint density at radius 2 is 1.03 bits per heavy atom. The topological polar surface area (TPSA) is 147 Å². The molecule has 0 aliphatic heterocycles. The summed E-state index contributed by atoms with van der Waals surface area (Å²) in [5, 5.41) is 8.02. The van der Waals surface area contributed by atoms with Gasteiger partial charge in [0.15, 0.2) is 0 Å². The van der Waals surface area contributed by atoms with E-state index in [4.69, 9.17) is 5.73 Å². The summed E-state index contributed by atoms with van der Waals surface area (Å²) in [5.41, 5.74) is 5.97. The van der Waals surface area contributed by atoms with Gasteiger partial charge in [0.05, 0.1) is 6.04 Å². The molecule has 0 heterocycles. The maximum atomic E-state index is 13.4. The Labute approximate surface area is 223 Å². The van der Waals surface area contributed by atoms with E-state index in [1.54, 1.807) is 0 Å². The van der Waals surface area contributed by atoms with Crippen molar-refractivity contribution in [2.24, 2.45) is 29.4 Å². The SMILES string of the molecule is CC(C)C[C@@H](CS(=O)(=O)F)NC(=O)[C@H](CC(C)C)NC(=O)[C@H](CC(C)C)NC(=O)[C@@H](N)CC(C)C.Cl. The van der Waals surface area contributed by atoms with Gasteiger partial charge in [0, 0.05) is 6.04 Å². The lowest BCUT2D eigenvalue weighted by Gasteiger charge is -2.27. The second kappa shape index (κ2) is 17.1. The molecular formula is C24H48ClFN4O5S. The van der Waals surface area contributed by atoms with E-state index >= 15 is 0 Å². The first-order valence-corrected chi connectivity index (χ1v) is 14.0. The normalized spacial score (nSPS) is 15.3. The van der Waals surface area contributed by atoms with Crippen molar-refractivity contribution >= 4 is 40.4 Å². The van der Waals surface area contributed by atoms with E-state index in [1.165, 1.54) is 0 Å². The van der Waals surface area contributed by atoms with E-state index in [0.29, 0.717) is 12.8 Å². The third-order valence-electron chi connectivity index (χ3n) is 5.24. The van der Waals surface area contributed by atoms with Gasteiger partial charge in [0.1, 0.15) is 17.8 Å². The van der Waals surface area contributed by atoms with Gasteiger partial charge in [-0.2, -0.15) is 8.42 Å². The van der Waals surface area contributed by atoms with Gasteiger partial charge in [-0.15, -0.1) is 16.3 Å². The summed E-state index contributed by atoms with van der Waals surface area (Å²) in [7, 11) is -4.81. The molecule has 3 amide bonds. The molecule has 4 atom stereocenters. The van der Waals surface area contributed by atoms with Crippen LogP contribution in [0.3, 0.4) is 0 Å². The summed E-state index contributed by atoms with van der Waals surface area (Å²) in [6.45, 7) is 15.1. The van der Waals surface area contributed by atoms with E-state index in [9.17, 15) is 26.7 Å². The molecule has 0 radical (unpaired) electrons. The van der Waals surface area contributed by atoms with Gasteiger partial charge in [0.25, 0.3) is 0 Å². The molecule has 0 unspecified atom stereocenters. The number of carbonyl (C=O) groups excluding carboxylic acids is 3. The second-order valence-corrected chi connectivity index (χ2v) is 12.6. The van der Waals surface area contributed by atoms with Crippen molar-refractivity contribution < 1.29 is 26.7 Å². The van der Waals surface area contributed by atoms with E-state index in [1.807, 2.05) is 55.4 Å². The van der Waals surface area contributed by atoms with Crippen LogP contribution in [0.25, 0.3) is 0 Å². The molecule has 0 saturated heterocycles. The van der Waals surface area contributed by atoms with Gasteiger partial charge in [-0.05, 0) is 49.4 Å². The summed E-state index contributed by atoms with van der Waals surface area (Å²) in [4.78, 5) is 38.7. The average molecular weight is 559 g/mol. The molecule has 0 aliphatic rings. The van der Waals surface area contributed by atoms with Gasteiger partial charge in [-0.3, -0.25) is 14.4 Å². The van der Waals surface area contributed by atoms with E-state index in [-0.39, 0.29) is 48.9 Å². The van der Waals surface area contributed by atoms with Crippen molar-refractivity contribution in [2.75, 3.05) is 5.75 Å². The predicted octanol–water partition coefficient (Wildman–Crippen LogP) is 2.67. The number of amides is 3. The highest BCUT2D eigenvalue weighted by atomic mass is 35.5. The van der Waals surface area contributed by atoms with Crippen molar-refractivity contribution in [3.63, 3.8) is 0 Å². The van der Waals surface area contributed by atoms with Crippen molar-refractivity contribution in [3.05, 3.63) is 0 Å². The maximum Gasteiger partial charge on any atom is 0.304 e. The first-order valence-electron chi connectivity index (χ1n) is 12.5. The van der Waals surface area contributed by atoms with Crippen molar-refractivity contribution in [3.8, 4) is 0 Å². The lowest BCUT2D eigenvalue weighted by Crippen LogP contribution is -2.57. The fourth-order valence-electron chi connectivity index (χ4n) is 3.85. The number of nitrogens with two attached hydrogens (primary N) is 1. The molecular weight excluding hydrogens is 511 g/mol. The molecule has 0 saturated carbocycles. The van der Waals surface area contributed by atoms with E-state index in [2.05, 4.69) is 16.0 Å². The zero-order valence-corrected chi connectivity index (χ0v) is 24.6. The molecule has 0 aromatic carbocycles. The Morgan fingerprint density at radius 3 is 1.39 bits per heavy atom. The first-order chi connectivity index (χ1) is 15.9. The maximum absolute atomic E-state index is 13.4. The van der Waals surface area contributed by atoms with Crippen LogP contribution in [0, 0.1) is 23.7 Å². The summed E-state index contributed by atoms with van der Waals surface area (Å²) >= 11 is 0. The number of halogens is 2. The van der Waals surface area contributed by atoms with Crippen LogP contribution < -0.4 is 21.7 Å². The van der Waals surface area contributed by atoms with E-state index < -0.39 is 57.9 Å². The van der Waals surface area contributed by atoms with Gasteiger partial charge in [-0.25, -0.2) is 0 Å². The molecule has 5 N–H and O–H groups in total. The number of carbonyl (C=O) groups is 3. The molecule has 0 rings (SSSR count). The van der Waals surface area contributed by atoms with Crippen LogP contribution >= 0.6 is 12.4 Å². The molecule has 12 heteroatoms.